The van der Waals surface area contributed by atoms with Crippen molar-refractivity contribution in [3.05, 3.63) is 52.5 Å². The van der Waals surface area contributed by atoms with Crippen molar-refractivity contribution in [1.82, 2.24) is 24.1 Å². The van der Waals surface area contributed by atoms with Crippen molar-refractivity contribution < 1.29 is 17.9 Å². The third kappa shape index (κ3) is 7.12. The van der Waals surface area contributed by atoms with Crippen LogP contribution in [0.4, 0.5) is 5.82 Å². The summed E-state index contributed by atoms with van der Waals surface area (Å²) >= 11 is 0. The van der Waals surface area contributed by atoms with E-state index in [4.69, 9.17) is 4.74 Å². The summed E-state index contributed by atoms with van der Waals surface area (Å²) in [6.45, 7) is 9.64. The lowest BCUT2D eigenvalue weighted by Gasteiger charge is -2.43. The van der Waals surface area contributed by atoms with Crippen LogP contribution in [0.1, 0.15) is 77.6 Å². The number of carbonyl (C=O) groups is 1. The van der Waals surface area contributed by atoms with Crippen LogP contribution in [0.25, 0.3) is 0 Å². The molecular weight excluding hydrogens is 552 g/mol. The number of rotatable bonds is 8. The van der Waals surface area contributed by atoms with Gasteiger partial charge in [0.1, 0.15) is 17.3 Å². The van der Waals surface area contributed by atoms with Gasteiger partial charge in [0.25, 0.3) is 5.91 Å². The van der Waals surface area contributed by atoms with Gasteiger partial charge < -0.3 is 19.9 Å². The Kier molecular flexibility index (Phi) is 9.51. The summed E-state index contributed by atoms with van der Waals surface area (Å²) < 4.78 is 31.7. The number of hydrogen-bond acceptors (Lipinski definition) is 8. The summed E-state index contributed by atoms with van der Waals surface area (Å²) in [5.74, 6) is 1.24. The fourth-order valence-corrected chi connectivity index (χ4v) is 7.41. The molecule has 5 rings (SSSR count). The van der Waals surface area contributed by atoms with Gasteiger partial charge in [-0.25, -0.2) is 22.7 Å². The first-order chi connectivity index (χ1) is 20.0. The van der Waals surface area contributed by atoms with Crippen LogP contribution in [0.3, 0.4) is 0 Å². The molecule has 11 heteroatoms. The number of aromatic nitrogens is 2. The largest absolute Gasteiger partial charge is 0.368 e. The number of piperidine rings is 2. The van der Waals surface area contributed by atoms with Crippen LogP contribution in [0.15, 0.2) is 24.3 Å². The van der Waals surface area contributed by atoms with Gasteiger partial charge in [0, 0.05) is 44.3 Å². The summed E-state index contributed by atoms with van der Waals surface area (Å²) in [4.78, 5) is 27.2. The van der Waals surface area contributed by atoms with Gasteiger partial charge in [-0.3, -0.25) is 4.79 Å². The van der Waals surface area contributed by atoms with E-state index in [9.17, 15) is 13.2 Å². The maximum atomic E-state index is 13.6. The lowest BCUT2D eigenvalue weighted by atomic mass is 9.97. The summed E-state index contributed by atoms with van der Waals surface area (Å²) in [5, 5.41) is 3.45. The maximum absolute atomic E-state index is 13.6. The highest BCUT2D eigenvalue weighted by Crippen LogP contribution is 2.33. The molecule has 42 heavy (non-hydrogen) atoms. The topological polar surface area (TPSA) is 108 Å². The fourth-order valence-electron chi connectivity index (χ4n) is 6.66. The number of benzene rings is 1. The normalized spacial score (nSPS) is 23.0. The Morgan fingerprint density at radius 2 is 1.74 bits per heavy atom. The highest BCUT2D eigenvalue weighted by molar-refractivity contribution is 7.88. The Bertz CT molecular complexity index is 1370. The molecule has 2 aromatic rings. The number of ether oxygens (including phenoxy) is 1. The molecule has 3 saturated heterocycles. The molecule has 1 aromatic carbocycles. The third-order valence-corrected chi connectivity index (χ3v) is 10.6. The minimum Gasteiger partial charge on any atom is -0.368 e. The lowest BCUT2D eigenvalue weighted by Crippen LogP contribution is -2.52. The number of hydrogen-bond donors (Lipinski definition) is 1. The number of likely N-dealkylation sites (tertiary alicyclic amines) is 2. The fraction of sp³-hybridized carbons (Fsp3) is 0.645. The molecule has 0 bridgehead atoms. The lowest BCUT2D eigenvalue weighted by molar-refractivity contribution is 0.0521. The van der Waals surface area contributed by atoms with Crippen LogP contribution >= 0.6 is 0 Å². The molecule has 10 nitrogen and oxygen atoms in total. The first-order valence-corrected chi connectivity index (χ1v) is 17.1. The Morgan fingerprint density at radius 1 is 1.02 bits per heavy atom. The highest BCUT2D eigenvalue weighted by atomic mass is 32.2. The van der Waals surface area contributed by atoms with Crippen LogP contribution in [0.2, 0.25) is 0 Å². The van der Waals surface area contributed by atoms with Crippen LogP contribution in [0.5, 0.6) is 0 Å². The van der Waals surface area contributed by atoms with E-state index in [-0.39, 0.29) is 24.2 Å². The van der Waals surface area contributed by atoms with Crippen molar-refractivity contribution >= 4 is 21.7 Å². The average molecular weight is 599 g/mol. The maximum Gasteiger partial charge on any atom is 0.272 e. The molecule has 1 unspecified atom stereocenters. The standard InChI is InChI=1S/C31H46N6O4S/c1-21-7-6-8-24(19-21)28-10-9-27(41-28)20-32-30-22(2)29(33-23(3)34-30)31(38)37-17-13-26(14-18-37)36-15-11-25(12-16-36)35(4)42(5,39)40/h6-8,19,25-28H,9-18,20H2,1-5H3,(H,32,33,34)/t27?,28-/m1/s1. The number of nitrogens with one attached hydrogen (secondary N) is 1. The Hall–Kier alpha value is -2.60. The summed E-state index contributed by atoms with van der Waals surface area (Å²) in [7, 11) is -1.49. The second-order valence-electron chi connectivity index (χ2n) is 12.3. The van der Waals surface area contributed by atoms with Gasteiger partial charge in [0.2, 0.25) is 10.0 Å². The molecule has 1 aromatic heterocycles. The van der Waals surface area contributed by atoms with E-state index < -0.39 is 10.0 Å². The van der Waals surface area contributed by atoms with Gasteiger partial charge in [-0.2, -0.15) is 0 Å². The molecule has 3 aliphatic rings. The average Bonchev–Trinajstić information content (AvgIpc) is 3.45. The molecule has 1 N–H and O–H groups in total. The minimum absolute atomic E-state index is 0.0374. The second-order valence-corrected chi connectivity index (χ2v) is 14.3. The molecule has 3 fully saturated rings. The number of sulfonamides is 1. The van der Waals surface area contributed by atoms with Crippen molar-refractivity contribution in [3.8, 4) is 0 Å². The molecule has 0 spiro atoms. The molecular formula is C31H46N6O4S. The first-order valence-electron chi connectivity index (χ1n) is 15.3. The van der Waals surface area contributed by atoms with Crippen molar-refractivity contribution in [2.45, 2.75) is 83.6 Å². The molecule has 0 aliphatic carbocycles. The van der Waals surface area contributed by atoms with Gasteiger partial charge in [-0.15, -0.1) is 0 Å². The predicted octanol–water partition coefficient (Wildman–Crippen LogP) is 3.69. The molecule has 2 atom stereocenters. The quantitative estimate of drug-likeness (QED) is 0.490. The summed E-state index contributed by atoms with van der Waals surface area (Å²) in [5.41, 5.74) is 3.72. The molecule has 3 aliphatic heterocycles. The highest BCUT2D eigenvalue weighted by Gasteiger charge is 2.33. The zero-order valence-electron chi connectivity index (χ0n) is 25.7. The Labute approximate surface area is 250 Å². The van der Waals surface area contributed by atoms with Gasteiger partial charge in [-0.05, 0) is 77.9 Å². The van der Waals surface area contributed by atoms with Crippen LogP contribution in [-0.2, 0) is 14.8 Å². The van der Waals surface area contributed by atoms with E-state index in [0.29, 0.717) is 43.0 Å². The van der Waals surface area contributed by atoms with Crippen LogP contribution < -0.4 is 5.32 Å². The van der Waals surface area contributed by atoms with E-state index in [1.165, 1.54) is 21.7 Å². The van der Waals surface area contributed by atoms with E-state index in [1.807, 2.05) is 18.7 Å². The molecule has 1 amide bonds. The Balaban J connectivity index is 1.13. The zero-order valence-corrected chi connectivity index (χ0v) is 26.5. The van der Waals surface area contributed by atoms with E-state index in [0.717, 1.165) is 57.2 Å². The van der Waals surface area contributed by atoms with Crippen molar-refractivity contribution in [1.29, 1.82) is 0 Å². The molecule has 0 radical (unpaired) electrons. The molecule has 4 heterocycles. The van der Waals surface area contributed by atoms with E-state index >= 15 is 0 Å². The second kappa shape index (κ2) is 13.0. The number of aryl methyl sites for hydroxylation is 2. The van der Waals surface area contributed by atoms with Gasteiger partial charge in [0.05, 0.1) is 18.5 Å². The Morgan fingerprint density at radius 3 is 2.40 bits per heavy atom. The summed E-state index contributed by atoms with van der Waals surface area (Å²) in [6, 6.07) is 9.00. The van der Waals surface area contributed by atoms with Crippen molar-refractivity contribution in [2.24, 2.45) is 0 Å². The van der Waals surface area contributed by atoms with Gasteiger partial charge >= 0.3 is 0 Å². The van der Waals surface area contributed by atoms with Gasteiger partial charge in [-0.1, -0.05) is 29.8 Å². The van der Waals surface area contributed by atoms with Crippen LogP contribution in [0, 0.1) is 20.8 Å². The number of carbonyl (C=O) groups excluding carboxylic acids is 1. The number of nitrogens with zero attached hydrogens (tertiary/aromatic N) is 5. The summed E-state index contributed by atoms with van der Waals surface area (Å²) in [6.07, 6.45) is 6.95. The zero-order chi connectivity index (χ0) is 30.0. The first kappa shape index (κ1) is 30.8. The monoisotopic (exact) mass is 598 g/mol. The van der Waals surface area contributed by atoms with E-state index in [2.05, 4.69) is 51.4 Å². The van der Waals surface area contributed by atoms with E-state index in [1.54, 1.807) is 7.05 Å². The SMILES string of the molecule is Cc1cccc([C@H]2CCC(CNc3nc(C)nc(C(=O)N4CCC(N5CCC(N(C)S(C)(=O)=O)CC5)CC4)c3C)O2)c1. The van der Waals surface area contributed by atoms with Crippen LogP contribution in [-0.4, -0.2) is 103 Å². The predicted molar refractivity (Wildman–Crippen MR) is 164 cm³/mol. The number of anilines is 1. The molecule has 230 valence electrons. The molecule has 0 saturated carbocycles. The smallest absolute Gasteiger partial charge is 0.272 e. The minimum atomic E-state index is -3.17. The number of amides is 1. The van der Waals surface area contributed by atoms with Gasteiger partial charge in [0.15, 0.2) is 0 Å². The third-order valence-electron chi connectivity index (χ3n) is 9.28. The van der Waals surface area contributed by atoms with Crippen molar-refractivity contribution in [3.63, 3.8) is 0 Å². The van der Waals surface area contributed by atoms with Crippen molar-refractivity contribution in [2.75, 3.05) is 51.3 Å².